The molecule has 0 saturated heterocycles. The van der Waals surface area contributed by atoms with Crippen molar-refractivity contribution in [1.29, 1.82) is 0 Å². The predicted octanol–water partition coefficient (Wildman–Crippen LogP) is 3.64. The van der Waals surface area contributed by atoms with Crippen LogP contribution in [0.3, 0.4) is 0 Å². The molecule has 0 aliphatic heterocycles. The minimum atomic E-state index is -0.560. The monoisotopic (exact) mass is 264 g/mol. The summed E-state index contributed by atoms with van der Waals surface area (Å²) in [4.78, 5) is 10.1. The van der Waals surface area contributed by atoms with Gasteiger partial charge in [-0.25, -0.2) is 4.39 Å². The Morgan fingerprint density at radius 1 is 1.26 bits per heavy atom. The minimum Gasteiger partial charge on any atom is -0.380 e. The number of anilines is 1. The fourth-order valence-corrected chi connectivity index (χ4v) is 3.50. The Bertz CT molecular complexity index is 493. The van der Waals surface area contributed by atoms with Gasteiger partial charge in [0.2, 0.25) is 0 Å². The first-order valence-electron chi connectivity index (χ1n) is 6.74. The predicted molar refractivity (Wildman–Crippen MR) is 70.7 cm³/mol. The lowest BCUT2D eigenvalue weighted by Crippen LogP contribution is -2.40. The highest BCUT2D eigenvalue weighted by Crippen LogP contribution is 2.46. The van der Waals surface area contributed by atoms with Gasteiger partial charge in [-0.1, -0.05) is 0 Å². The van der Waals surface area contributed by atoms with Crippen molar-refractivity contribution in [3.8, 4) is 0 Å². The highest BCUT2D eigenvalue weighted by atomic mass is 19.1. The van der Waals surface area contributed by atoms with Crippen LogP contribution in [0.1, 0.15) is 31.2 Å². The van der Waals surface area contributed by atoms with E-state index >= 15 is 0 Å². The molecule has 0 unspecified atom stereocenters. The van der Waals surface area contributed by atoms with E-state index in [1.807, 2.05) is 0 Å². The molecule has 4 nitrogen and oxygen atoms in total. The van der Waals surface area contributed by atoms with Gasteiger partial charge in [-0.05, 0) is 50.0 Å². The van der Waals surface area contributed by atoms with Crippen molar-refractivity contribution < 1.29 is 9.31 Å². The van der Waals surface area contributed by atoms with Crippen LogP contribution in [0, 0.1) is 34.7 Å². The third-order valence-corrected chi connectivity index (χ3v) is 4.40. The summed E-state index contributed by atoms with van der Waals surface area (Å²) in [6.07, 6.45) is 4.82. The maximum absolute atomic E-state index is 14.0. The average molecular weight is 264 g/mol. The number of hydrogen-bond acceptors (Lipinski definition) is 3. The molecule has 3 saturated carbocycles. The SMILES string of the molecule is Cc1cc([N+](=O)[O-])cc(F)c1NC1CC2CC(C2)C1. The van der Waals surface area contributed by atoms with Gasteiger partial charge in [-0.2, -0.15) is 0 Å². The molecule has 0 radical (unpaired) electrons. The number of nitro benzene ring substituents is 1. The van der Waals surface area contributed by atoms with Crippen LogP contribution in [0.25, 0.3) is 0 Å². The van der Waals surface area contributed by atoms with E-state index < -0.39 is 10.7 Å². The summed E-state index contributed by atoms with van der Waals surface area (Å²) < 4.78 is 14.0. The van der Waals surface area contributed by atoms with E-state index in [0.29, 0.717) is 17.3 Å². The van der Waals surface area contributed by atoms with Crippen molar-refractivity contribution in [3.63, 3.8) is 0 Å². The third kappa shape index (κ3) is 2.29. The normalized spacial score (nSPS) is 28.6. The second-order valence-electron chi connectivity index (χ2n) is 5.89. The standard InChI is InChI=1S/C14H17FN2O2/c1-8-2-12(17(18)19)7-13(15)14(8)16-11-5-9-3-10(4-9)6-11/h2,7,9-11,16H,3-6H2,1H3. The Morgan fingerprint density at radius 3 is 2.42 bits per heavy atom. The summed E-state index contributed by atoms with van der Waals surface area (Å²) in [7, 11) is 0. The van der Waals surface area contributed by atoms with Crippen molar-refractivity contribution in [2.45, 2.75) is 38.6 Å². The quantitative estimate of drug-likeness (QED) is 0.669. The molecule has 3 fully saturated rings. The Hall–Kier alpha value is -1.65. The largest absolute Gasteiger partial charge is 0.380 e. The van der Waals surface area contributed by atoms with E-state index in [1.165, 1.54) is 18.9 Å². The Morgan fingerprint density at radius 2 is 1.89 bits per heavy atom. The first kappa shape index (κ1) is 12.4. The van der Waals surface area contributed by atoms with Gasteiger partial charge in [0, 0.05) is 12.1 Å². The lowest BCUT2D eigenvalue weighted by Gasteiger charge is -2.45. The number of nitrogens with zero attached hydrogens (tertiary/aromatic N) is 1. The summed E-state index contributed by atoms with van der Waals surface area (Å²) in [6.45, 7) is 1.71. The molecule has 1 aromatic carbocycles. The Kier molecular flexibility index (Phi) is 2.92. The van der Waals surface area contributed by atoms with Crippen LogP contribution >= 0.6 is 0 Å². The van der Waals surface area contributed by atoms with Gasteiger partial charge in [0.05, 0.1) is 16.7 Å². The number of rotatable bonds is 3. The molecule has 5 heteroatoms. The fourth-order valence-electron chi connectivity index (χ4n) is 3.50. The zero-order valence-electron chi connectivity index (χ0n) is 10.9. The van der Waals surface area contributed by atoms with E-state index in [2.05, 4.69) is 5.32 Å². The molecule has 2 bridgehead atoms. The van der Waals surface area contributed by atoms with Gasteiger partial charge in [-0.3, -0.25) is 10.1 Å². The number of hydrogen-bond donors (Lipinski definition) is 1. The number of aryl methyl sites for hydroxylation is 1. The van der Waals surface area contributed by atoms with Crippen molar-refractivity contribution in [2.75, 3.05) is 5.32 Å². The summed E-state index contributed by atoms with van der Waals surface area (Å²) in [5.41, 5.74) is 0.842. The summed E-state index contributed by atoms with van der Waals surface area (Å²) in [6, 6.07) is 2.74. The van der Waals surface area contributed by atoms with Crippen LogP contribution in [0.2, 0.25) is 0 Å². The maximum Gasteiger partial charge on any atom is 0.272 e. The molecule has 3 aliphatic rings. The van der Waals surface area contributed by atoms with Crippen molar-refractivity contribution in [1.82, 2.24) is 0 Å². The molecule has 0 atom stereocenters. The molecule has 1 aromatic rings. The topological polar surface area (TPSA) is 55.2 Å². The van der Waals surface area contributed by atoms with Crippen molar-refractivity contribution in [3.05, 3.63) is 33.6 Å². The molecule has 19 heavy (non-hydrogen) atoms. The molecule has 0 spiro atoms. The first-order chi connectivity index (χ1) is 9.02. The number of nitrogens with one attached hydrogen (secondary N) is 1. The molecule has 3 aliphatic carbocycles. The average Bonchev–Trinajstić information content (AvgIpc) is 2.32. The zero-order chi connectivity index (χ0) is 13.6. The fraction of sp³-hybridized carbons (Fsp3) is 0.571. The van der Waals surface area contributed by atoms with E-state index in [0.717, 1.165) is 30.7 Å². The van der Waals surface area contributed by atoms with Crippen molar-refractivity contribution in [2.24, 2.45) is 11.8 Å². The van der Waals surface area contributed by atoms with Gasteiger partial charge in [0.15, 0.2) is 5.82 Å². The van der Waals surface area contributed by atoms with Gasteiger partial charge in [-0.15, -0.1) is 0 Å². The lowest BCUT2D eigenvalue weighted by atomic mass is 9.63. The zero-order valence-corrected chi connectivity index (χ0v) is 10.9. The van der Waals surface area contributed by atoms with Crippen LogP contribution < -0.4 is 5.32 Å². The van der Waals surface area contributed by atoms with E-state index in [4.69, 9.17) is 0 Å². The molecule has 4 rings (SSSR count). The minimum absolute atomic E-state index is 0.188. The van der Waals surface area contributed by atoms with E-state index in [9.17, 15) is 14.5 Å². The van der Waals surface area contributed by atoms with Crippen molar-refractivity contribution >= 4 is 11.4 Å². The number of halogens is 1. The van der Waals surface area contributed by atoms with Crippen LogP contribution in [0.4, 0.5) is 15.8 Å². The van der Waals surface area contributed by atoms with Crippen LogP contribution in [0.15, 0.2) is 12.1 Å². The third-order valence-electron chi connectivity index (χ3n) is 4.40. The van der Waals surface area contributed by atoms with Crippen LogP contribution in [-0.2, 0) is 0 Å². The molecule has 1 N–H and O–H groups in total. The molecule has 0 amide bonds. The van der Waals surface area contributed by atoms with Gasteiger partial charge in [0.1, 0.15) is 0 Å². The molecule has 102 valence electrons. The highest BCUT2D eigenvalue weighted by molar-refractivity contribution is 5.57. The Labute approximate surface area is 111 Å². The number of fused-ring (bicyclic) bond motifs is 2. The lowest BCUT2D eigenvalue weighted by molar-refractivity contribution is -0.385. The van der Waals surface area contributed by atoms with E-state index in [1.54, 1.807) is 6.92 Å². The van der Waals surface area contributed by atoms with Gasteiger partial charge < -0.3 is 5.32 Å². The van der Waals surface area contributed by atoms with Crippen LogP contribution in [0.5, 0.6) is 0 Å². The second-order valence-corrected chi connectivity index (χ2v) is 5.89. The molecular weight excluding hydrogens is 247 g/mol. The van der Waals surface area contributed by atoms with Crippen LogP contribution in [-0.4, -0.2) is 11.0 Å². The number of non-ortho nitro benzene ring substituents is 1. The van der Waals surface area contributed by atoms with Gasteiger partial charge in [0.25, 0.3) is 5.69 Å². The number of nitro groups is 1. The smallest absolute Gasteiger partial charge is 0.272 e. The first-order valence-corrected chi connectivity index (χ1v) is 6.74. The summed E-state index contributed by atoms with van der Waals surface area (Å²) in [5, 5.41) is 13.9. The number of benzene rings is 1. The highest BCUT2D eigenvalue weighted by Gasteiger charge is 2.38. The van der Waals surface area contributed by atoms with Gasteiger partial charge >= 0.3 is 0 Å². The summed E-state index contributed by atoms with van der Waals surface area (Å²) in [5.74, 6) is 1.06. The Balaban J connectivity index is 1.79. The molecule has 0 heterocycles. The second kappa shape index (κ2) is 4.47. The molecule has 0 aromatic heterocycles. The molecular formula is C14H17FN2O2. The van der Waals surface area contributed by atoms with E-state index in [-0.39, 0.29) is 5.69 Å². The summed E-state index contributed by atoms with van der Waals surface area (Å²) >= 11 is 0. The maximum atomic E-state index is 14.0.